The summed E-state index contributed by atoms with van der Waals surface area (Å²) in [4.78, 5) is 15.6. The molecule has 0 radical (unpaired) electrons. The van der Waals surface area contributed by atoms with Gasteiger partial charge in [-0.05, 0) is 40.2 Å². The summed E-state index contributed by atoms with van der Waals surface area (Å²) in [6.45, 7) is 0. The number of anilines is 2. The van der Waals surface area contributed by atoms with Gasteiger partial charge in [0, 0.05) is 10.7 Å². The SMILES string of the molecule is NNc1nccc(C(=O)Nc2cc(F)ccc2Br)c1F. The fourth-order valence-corrected chi connectivity index (χ4v) is 1.85. The summed E-state index contributed by atoms with van der Waals surface area (Å²) in [6.07, 6.45) is 1.23. The van der Waals surface area contributed by atoms with Crippen LogP contribution in [0.3, 0.4) is 0 Å². The van der Waals surface area contributed by atoms with Gasteiger partial charge in [0.15, 0.2) is 11.6 Å². The minimum absolute atomic E-state index is 0.188. The first kappa shape index (κ1) is 14.4. The quantitative estimate of drug-likeness (QED) is 0.591. The number of nitrogens with two attached hydrogens (primary N) is 1. The molecule has 0 aliphatic carbocycles. The first-order chi connectivity index (χ1) is 9.52. The molecule has 0 bridgehead atoms. The monoisotopic (exact) mass is 342 g/mol. The number of nitrogens with one attached hydrogen (secondary N) is 2. The number of amides is 1. The Hall–Kier alpha value is -2.06. The molecular formula is C12H9BrF2N4O. The van der Waals surface area contributed by atoms with Gasteiger partial charge < -0.3 is 10.7 Å². The number of carbonyl (C=O) groups is 1. The molecule has 0 saturated heterocycles. The van der Waals surface area contributed by atoms with E-state index in [9.17, 15) is 13.6 Å². The maximum atomic E-state index is 13.9. The van der Waals surface area contributed by atoms with Gasteiger partial charge in [0.05, 0.1) is 11.3 Å². The minimum atomic E-state index is -0.889. The van der Waals surface area contributed by atoms with Crippen LogP contribution in [-0.4, -0.2) is 10.9 Å². The van der Waals surface area contributed by atoms with E-state index in [0.717, 1.165) is 6.07 Å². The number of hydrazine groups is 1. The number of rotatable bonds is 3. The molecule has 0 fully saturated rings. The third-order valence-electron chi connectivity index (χ3n) is 2.45. The van der Waals surface area contributed by atoms with Crippen molar-refractivity contribution in [2.75, 3.05) is 10.7 Å². The second kappa shape index (κ2) is 5.93. The molecule has 1 amide bonds. The second-order valence-corrected chi connectivity index (χ2v) is 4.60. The Bertz CT molecular complexity index is 666. The van der Waals surface area contributed by atoms with E-state index >= 15 is 0 Å². The zero-order chi connectivity index (χ0) is 14.7. The molecule has 0 spiro atoms. The number of pyridine rings is 1. The molecule has 4 N–H and O–H groups in total. The third-order valence-corrected chi connectivity index (χ3v) is 3.14. The molecule has 0 aliphatic heterocycles. The standard InChI is InChI=1S/C12H9BrF2N4O/c13-8-2-1-6(14)5-9(8)18-12(20)7-3-4-17-11(19-16)10(7)15/h1-5H,16H2,(H,17,19)(H,18,20). The number of nitrogen functional groups attached to an aromatic ring is 1. The molecule has 1 aromatic carbocycles. The molecule has 2 aromatic rings. The molecule has 0 unspecified atom stereocenters. The molecule has 0 saturated carbocycles. The van der Waals surface area contributed by atoms with Gasteiger partial charge >= 0.3 is 0 Å². The Labute approximate surface area is 121 Å². The Kier molecular flexibility index (Phi) is 4.26. The molecular weight excluding hydrogens is 334 g/mol. The first-order valence-corrected chi connectivity index (χ1v) is 6.19. The largest absolute Gasteiger partial charge is 0.321 e. The van der Waals surface area contributed by atoms with E-state index in [2.05, 4.69) is 26.2 Å². The summed E-state index contributed by atoms with van der Waals surface area (Å²) < 4.78 is 27.4. The van der Waals surface area contributed by atoms with Gasteiger partial charge in [-0.1, -0.05) is 0 Å². The lowest BCUT2D eigenvalue weighted by Gasteiger charge is -2.09. The zero-order valence-electron chi connectivity index (χ0n) is 9.95. The van der Waals surface area contributed by atoms with E-state index in [1.54, 1.807) is 0 Å². The van der Waals surface area contributed by atoms with Crippen LogP contribution in [-0.2, 0) is 0 Å². The van der Waals surface area contributed by atoms with Gasteiger partial charge in [-0.15, -0.1) is 0 Å². The summed E-state index contributed by atoms with van der Waals surface area (Å²) >= 11 is 3.16. The van der Waals surface area contributed by atoms with Crippen molar-refractivity contribution in [2.24, 2.45) is 5.84 Å². The molecule has 20 heavy (non-hydrogen) atoms. The number of nitrogens with zero attached hydrogens (tertiary/aromatic N) is 1. The van der Waals surface area contributed by atoms with Crippen molar-refractivity contribution < 1.29 is 13.6 Å². The lowest BCUT2D eigenvalue weighted by molar-refractivity contribution is 0.102. The highest BCUT2D eigenvalue weighted by atomic mass is 79.9. The van der Waals surface area contributed by atoms with Crippen LogP contribution >= 0.6 is 15.9 Å². The summed E-state index contributed by atoms with van der Waals surface area (Å²) in [7, 11) is 0. The maximum Gasteiger partial charge on any atom is 0.258 e. The zero-order valence-corrected chi connectivity index (χ0v) is 11.5. The van der Waals surface area contributed by atoms with Crippen molar-refractivity contribution in [3.05, 3.63) is 52.1 Å². The van der Waals surface area contributed by atoms with E-state index in [1.165, 1.54) is 24.4 Å². The van der Waals surface area contributed by atoms with Gasteiger partial charge in [0.2, 0.25) is 0 Å². The number of benzene rings is 1. The number of hydrogen-bond donors (Lipinski definition) is 3. The van der Waals surface area contributed by atoms with Gasteiger partial charge in [0.1, 0.15) is 5.82 Å². The lowest BCUT2D eigenvalue weighted by atomic mass is 10.2. The number of aromatic nitrogens is 1. The van der Waals surface area contributed by atoms with Crippen LogP contribution in [0, 0.1) is 11.6 Å². The Balaban J connectivity index is 2.31. The normalized spacial score (nSPS) is 10.2. The minimum Gasteiger partial charge on any atom is -0.321 e. The number of hydrogen-bond acceptors (Lipinski definition) is 4. The van der Waals surface area contributed by atoms with Crippen LogP contribution in [0.5, 0.6) is 0 Å². The highest BCUT2D eigenvalue weighted by molar-refractivity contribution is 9.10. The molecule has 0 atom stereocenters. The van der Waals surface area contributed by atoms with E-state index < -0.39 is 17.5 Å². The molecule has 1 aromatic heterocycles. The van der Waals surface area contributed by atoms with Crippen LogP contribution in [0.25, 0.3) is 0 Å². The molecule has 5 nitrogen and oxygen atoms in total. The fraction of sp³-hybridized carbons (Fsp3) is 0. The summed E-state index contributed by atoms with van der Waals surface area (Å²) in [5.74, 6) is 2.66. The molecule has 8 heteroatoms. The highest BCUT2D eigenvalue weighted by Crippen LogP contribution is 2.24. The Morgan fingerprint density at radius 2 is 2.05 bits per heavy atom. The topological polar surface area (TPSA) is 80.0 Å². The predicted molar refractivity (Wildman–Crippen MR) is 74.1 cm³/mol. The van der Waals surface area contributed by atoms with Crippen LogP contribution < -0.4 is 16.6 Å². The summed E-state index contributed by atoms with van der Waals surface area (Å²) in [6, 6.07) is 4.96. The van der Waals surface area contributed by atoms with Gasteiger partial charge in [-0.3, -0.25) is 4.79 Å². The smallest absolute Gasteiger partial charge is 0.258 e. The number of halogens is 3. The van der Waals surface area contributed by atoms with E-state index in [-0.39, 0.29) is 17.1 Å². The van der Waals surface area contributed by atoms with Crippen molar-refractivity contribution in [3.8, 4) is 0 Å². The summed E-state index contributed by atoms with van der Waals surface area (Å²) in [5, 5.41) is 2.40. The maximum absolute atomic E-state index is 13.9. The lowest BCUT2D eigenvalue weighted by Crippen LogP contribution is -2.17. The van der Waals surface area contributed by atoms with Gasteiger partial charge in [-0.25, -0.2) is 19.6 Å². The Morgan fingerprint density at radius 3 is 2.75 bits per heavy atom. The van der Waals surface area contributed by atoms with Crippen molar-refractivity contribution in [1.29, 1.82) is 0 Å². The molecule has 0 aliphatic rings. The van der Waals surface area contributed by atoms with Gasteiger partial charge in [-0.2, -0.15) is 0 Å². The van der Waals surface area contributed by atoms with E-state index in [4.69, 9.17) is 5.84 Å². The Morgan fingerprint density at radius 1 is 1.30 bits per heavy atom. The van der Waals surface area contributed by atoms with Gasteiger partial charge in [0.25, 0.3) is 5.91 Å². The average molecular weight is 343 g/mol. The van der Waals surface area contributed by atoms with Crippen LogP contribution in [0.2, 0.25) is 0 Å². The van der Waals surface area contributed by atoms with Crippen molar-refractivity contribution in [3.63, 3.8) is 0 Å². The van der Waals surface area contributed by atoms with E-state index in [0.29, 0.717) is 4.47 Å². The molecule has 2 rings (SSSR count). The van der Waals surface area contributed by atoms with Crippen molar-refractivity contribution in [1.82, 2.24) is 4.98 Å². The summed E-state index contributed by atoms with van der Waals surface area (Å²) in [5.41, 5.74) is 1.97. The van der Waals surface area contributed by atoms with Crippen LogP contribution in [0.4, 0.5) is 20.3 Å². The number of carbonyl (C=O) groups excluding carboxylic acids is 1. The molecule has 1 heterocycles. The van der Waals surface area contributed by atoms with E-state index in [1.807, 2.05) is 5.43 Å². The van der Waals surface area contributed by atoms with Crippen LogP contribution in [0.15, 0.2) is 34.9 Å². The highest BCUT2D eigenvalue weighted by Gasteiger charge is 2.16. The third kappa shape index (κ3) is 2.91. The average Bonchev–Trinajstić information content (AvgIpc) is 2.43. The predicted octanol–water partition coefficient (Wildman–Crippen LogP) is 2.66. The van der Waals surface area contributed by atoms with Crippen LogP contribution in [0.1, 0.15) is 10.4 Å². The second-order valence-electron chi connectivity index (χ2n) is 3.74. The fourth-order valence-electron chi connectivity index (χ4n) is 1.50. The first-order valence-electron chi connectivity index (χ1n) is 5.40. The van der Waals surface area contributed by atoms with Crippen molar-refractivity contribution >= 4 is 33.3 Å². The molecule has 104 valence electrons. The van der Waals surface area contributed by atoms with Crippen molar-refractivity contribution in [2.45, 2.75) is 0 Å².